The number of anilines is 1. The number of aryl methyl sites for hydroxylation is 1. The van der Waals surface area contributed by atoms with Crippen LogP contribution in [0.2, 0.25) is 0 Å². The number of hydrogen-bond donors (Lipinski definition) is 2. The molecule has 0 aliphatic heterocycles. The fraction of sp³-hybridized carbons (Fsp3) is 0.652. The molecule has 0 radical (unpaired) electrons. The van der Waals surface area contributed by atoms with Crippen LogP contribution in [0, 0.1) is 0 Å². The number of rotatable bonds is 13. The largest absolute Gasteiger partial charge is 0.481 e. The molecular weight excluding hydrogens is 366 g/mol. The number of unbranched alkanes of at least 4 members (excludes halogenated alkanes) is 5. The Morgan fingerprint density at radius 1 is 1.03 bits per heavy atom. The normalized spacial score (nSPS) is 12.4. The highest BCUT2D eigenvalue weighted by atomic mass is 16.4. The Morgan fingerprint density at radius 2 is 1.62 bits per heavy atom. The van der Waals surface area contributed by atoms with E-state index in [4.69, 9.17) is 5.11 Å². The van der Waals surface area contributed by atoms with E-state index in [0.29, 0.717) is 11.0 Å². The third kappa shape index (κ3) is 10.9. The summed E-state index contributed by atoms with van der Waals surface area (Å²) in [6, 6.07) is 7.36. The zero-order chi connectivity index (χ0) is 21.9. The molecule has 2 amide bonds. The van der Waals surface area contributed by atoms with Gasteiger partial charge in [0.2, 0.25) is 0 Å². The van der Waals surface area contributed by atoms with E-state index in [9.17, 15) is 9.59 Å². The average Bonchev–Trinajstić information content (AvgIpc) is 2.62. The SMILES string of the molecule is CCCCCCCCc1ccc(N(C)C(=O)NC(CC(=O)O)C[N+](C)(C)C)cc1. The molecule has 6 heteroatoms. The monoisotopic (exact) mass is 406 g/mol. The lowest BCUT2D eigenvalue weighted by Gasteiger charge is -2.30. The topological polar surface area (TPSA) is 69.6 Å². The van der Waals surface area contributed by atoms with E-state index in [1.807, 2.05) is 33.3 Å². The summed E-state index contributed by atoms with van der Waals surface area (Å²) in [6.07, 6.45) is 8.66. The summed E-state index contributed by atoms with van der Waals surface area (Å²) in [5.74, 6) is -0.912. The minimum Gasteiger partial charge on any atom is -0.481 e. The van der Waals surface area contributed by atoms with Gasteiger partial charge >= 0.3 is 12.0 Å². The molecule has 0 aliphatic carbocycles. The van der Waals surface area contributed by atoms with Crippen molar-refractivity contribution < 1.29 is 19.2 Å². The molecule has 0 aliphatic rings. The van der Waals surface area contributed by atoms with E-state index in [1.54, 1.807) is 11.9 Å². The summed E-state index contributed by atoms with van der Waals surface area (Å²) < 4.78 is 0.578. The van der Waals surface area contributed by atoms with Crippen LogP contribution in [0.4, 0.5) is 10.5 Å². The first-order chi connectivity index (χ1) is 13.6. The van der Waals surface area contributed by atoms with Crippen LogP contribution in [0.5, 0.6) is 0 Å². The zero-order valence-electron chi connectivity index (χ0n) is 18.9. The molecule has 2 N–H and O–H groups in total. The first-order valence-corrected chi connectivity index (χ1v) is 10.8. The Labute approximate surface area is 176 Å². The van der Waals surface area contributed by atoms with E-state index in [2.05, 4.69) is 24.4 Å². The number of aliphatic carboxylic acids is 1. The predicted molar refractivity (Wildman–Crippen MR) is 119 cm³/mol. The molecule has 1 rings (SSSR count). The van der Waals surface area contributed by atoms with Crippen molar-refractivity contribution in [3.05, 3.63) is 29.8 Å². The number of urea groups is 1. The van der Waals surface area contributed by atoms with Crippen LogP contribution in [0.3, 0.4) is 0 Å². The summed E-state index contributed by atoms with van der Waals surface area (Å²) in [7, 11) is 7.65. The fourth-order valence-corrected chi connectivity index (χ4v) is 3.42. The van der Waals surface area contributed by atoms with Crippen molar-refractivity contribution in [3.63, 3.8) is 0 Å². The summed E-state index contributed by atoms with van der Waals surface area (Å²) >= 11 is 0. The van der Waals surface area contributed by atoms with E-state index >= 15 is 0 Å². The number of carbonyl (C=O) groups is 2. The molecule has 1 unspecified atom stereocenters. The van der Waals surface area contributed by atoms with Gasteiger partial charge in [-0.25, -0.2) is 4.79 Å². The molecule has 0 spiro atoms. The maximum absolute atomic E-state index is 12.6. The smallest absolute Gasteiger partial charge is 0.322 e. The summed E-state index contributed by atoms with van der Waals surface area (Å²) in [5.41, 5.74) is 2.08. The van der Waals surface area contributed by atoms with Gasteiger partial charge in [-0.3, -0.25) is 9.69 Å². The second-order valence-electron chi connectivity index (χ2n) is 8.96. The number of quaternary nitrogens is 1. The molecule has 0 saturated carbocycles. The third-order valence-electron chi connectivity index (χ3n) is 4.96. The predicted octanol–water partition coefficient (Wildman–Crippen LogP) is 4.28. The Hall–Kier alpha value is -2.08. The van der Waals surface area contributed by atoms with Crippen LogP contribution >= 0.6 is 0 Å². The van der Waals surface area contributed by atoms with Gasteiger partial charge < -0.3 is 14.9 Å². The molecule has 164 valence electrons. The molecule has 29 heavy (non-hydrogen) atoms. The standard InChI is InChI=1S/C23H39N3O3/c1-6-7-8-9-10-11-12-19-13-15-21(16-14-19)25(2)23(29)24-20(17-22(27)28)18-26(3,4)5/h13-16,20H,6-12,17-18H2,1-5H3,(H-,24,27,28,29)/p+1. The highest BCUT2D eigenvalue weighted by Gasteiger charge is 2.24. The van der Waals surface area contributed by atoms with Gasteiger partial charge in [-0.2, -0.15) is 0 Å². The van der Waals surface area contributed by atoms with Crippen LogP contribution in [-0.4, -0.2) is 62.4 Å². The van der Waals surface area contributed by atoms with Crippen molar-refractivity contribution in [2.75, 3.05) is 39.6 Å². The van der Waals surface area contributed by atoms with Gasteiger partial charge in [0.15, 0.2) is 0 Å². The summed E-state index contributed by atoms with van der Waals surface area (Å²) in [4.78, 5) is 25.3. The van der Waals surface area contributed by atoms with Crippen molar-refractivity contribution >= 4 is 17.7 Å². The minimum atomic E-state index is -0.912. The maximum atomic E-state index is 12.6. The number of likely N-dealkylation sites (N-methyl/N-ethyl adjacent to an activating group) is 1. The van der Waals surface area contributed by atoms with Gasteiger partial charge in [-0.15, -0.1) is 0 Å². The van der Waals surface area contributed by atoms with Crippen LogP contribution in [0.15, 0.2) is 24.3 Å². The molecule has 0 bridgehead atoms. The van der Waals surface area contributed by atoms with Gasteiger partial charge in [-0.05, 0) is 30.5 Å². The average molecular weight is 407 g/mol. The van der Waals surface area contributed by atoms with Crippen molar-refractivity contribution in [1.29, 1.82) is 0 Å². The first-order valence-electron chi connectivity index (χ1n) is 10.8. The van der Waals surface area contributed by atoms with Gasteiger partial charge in [0.05, 0.1) is 40.2 Å². The van der Waals surface area contributed by atoms with Crippen molar-refractivity contribution in [2.24, 2.45) is 0 Å². The fourth-order valence-electron chi connectivity index (χ4n) is 3.42. The highest BCUT2D eigenvalue weighted by molar-refractivity contribution is 5.91. The molecule has 0 fully saturated rings. The van der Waals surface area contributed by atoms with Crippen LogP contribution in [-0.2, 0) is 11.2 Å². The van der Waals surface area contributed by atoms with Gasteiger partial charge in [0.25, 0.3) is 0 Å². The molecule has 1 aromatic carbocycles. The van der Waals surface area contributed by atoms with Crippen molar-refractivity contribution in [2.45, 2.75) is 64.3 Å². The van der Waals surface area contributed by atoms with Crippen LogP contribution < -0.4 is 10.2 Å². The number of carbonyl (C=O) groups excluding carboxylic acids is 1. The number of hydrogen-bond acceptors (Lipinski definition) is 2. The zero-order valence-corrected chi connectivity index (χ0v) is 18.9. The Kier molecular flexibility index (Phi) is 10.7. The summed E-state index contributed by atoms with van der Waals surface area (Å²) in [5, 5.41) is 12.0. The second kappa shape index (κ2) is 12.5. The number of nitrogens with zero attached hydrogens (tertiary/aromatic N) is 2. The van der Waals surface area contributed by atoms with E-state index in [1.165, 1.54) is 44.1 Å². The lowest BCUT2D eigenvalue weighted by Crippen LogP contribution is -2.52. The second-order valence-corrected chi connectivity index (χ2v) is 8.96. The highest BCUT2D eigenvalue weighted by Crippen LogP contribution is 2.16. The third-order valence-corrected chi connectivity index (χ3v) is 4.96. The maximum Gasteiger partial charge on any atom is 0.322 e. The molecule has 1 atom stereocenters. The number of carboxylic acids is 1. The van der Waals surface area contributed by atoms with Crippen LogP contribution in [0.25, 0.3) is 0 Å². The molecular formula is C23H40N3O3+. The molecule has 6 nitrogen and oxygen atoms in total. The number of carboxylic acid groups (broad SMARTS) is 1. The van der Waals surface area contributed by atoms with Gasteiger partial charge in [0.1, 0.15) is 0 Å². The van der Waals surface area contributed by atoms with Gasteiger partial charge in [-0.1, -0.05) is 51.2 Å². The molecule has 0 saturated heterocycles. The first kappa shape index (κ1) is 25.0. The van der Waals surface area contributed by atoms with E-state index < -0.39 is 12.0 Å². The molecule has 1 aromatic rings. The minimum absolute atomic E-state index is 0.0910. The number of nitrogens with one attached hydrogen (secondary N) is 1. The van der Waals surface area contributed by atoms with E-state index in [0.717, 1.165) is 12.1 Å². The molecule has 0 heterocycles. The van der Waals surface area contributed by atoms with E-state index in [-0.39, 0.29) is 12.5 Å². The lowest BCUT2D eigenvalue weighted by atomic mass is 10.0. The Morgan fingerprint density at radius 3 is 2.17 bits per heavy atom. The molecule has 0 aromatic heterocycles. The summed E-state index contributed by atoms with van der Waals surface area (Å²) in [6.45, 7) is 2.78. The Bertz CT molecular complexity index is 623. The quantitative estimate of drug-likeness (QED) is 0.379. The lowest BCUT2D eigenvalue weighted by molar-refractivity contribution is -0.871. The number of benzene rings is 1. The van der Waals surface area contributed by atoms with Crippen LogP contribution in [0.1, 0.15) is 57.4 Å². The van der Waals surface area contributed by atoms with Crippen molar-refractivity contribution in [3.8, 4) is 0 Å². The van der Waals surface area contributed by atoms with Gasteiger partial charge in [0, 0.05) is 12.7 Å². The number of amides is 2. The van der Waals surface area contributed by atoms with Crippen molar-refractivity contribution in [1.82, 2.24) is 5.32 Å². The Balaban J connectivity index is 2.57.